The molecule has 2 N–H and O–H groups in total. The largest absolute Gasteiger partial charge is 0.492 e. The van der Waals surface area contributed by atoms with Gasteiger partial charge in [0.2, 0.25) is 0 Å². The van der Waals surface area contributed by atoms with E-state index in [4.69, 9.17) is 22.2 Å². The quantitative estimate of drug-likeness (QED) is 0.524. The summed E-state index contributed by atoms with van der Waals surface area (Å²) in [5.41, 5.74) is 0.938. The summed E-state index contributed by atoms with van der Waals surface area (Å²) < 4.78 is 24.1. The summed E-state index contributed by atoms with van der Waals surface area (Å²) in [6, 6.07) is 2.37. The van der Waals surface area contributed by atoms with Gasteiger partial charge < -0.3 is 15.3 Å². The lowest BCUT2D eigenvalue weighted by Crippen LogP contribution is -2.27. The summed E-state index contributed by atoms with van der Waals surface area (Å²) >= 11 is 5.88. The van der Waals surface area contributed by atoms with Gasteiger partial charge >= 0.3 is 5.97 Å². The zero-order valence-electron chi connectivity index (χ0n) is 12.1. The number of carbonyl (C=O) groups excluding carboxylic acids is 1. The molecule has 2 rings (SSSR count). The maximum atomic E-state index is 14.5. The van der Waals surface area contributed by atoms with E-state index in [1.54, 1.807) is 0 Å². The molecule has 0 aliphatic carbocycles. The number of halogens is 2. The van der Waals surface area contributed by atoms with E-state index in [0.29, 0.717) is 12.1 Å². The molecule has 1 aliphatic rings. The average Bonchev–Trinajstić information content (AvgIpc) is 2.54. The van der Waals surface area contributed by atoms with Crippen LogP contribution >= 0.6 is 11.6 Å². The van der Waals surface area contributed by atoms with E-state index in [9.17, 15) is 9.18 Å². The van der Waals surface area contributed by atoms with Crippen molar-refractivity contribution < 1.29 is 18.7 Å². The van der Waals surface area contributed by atoms with Crippen LogP contribution in [-0.2, 0) is 9.53 Å². The number of nitrogens with zero attached hydrogens (tertiary/aromatic N) is 2. The molecule has 6 nitrogen and oxygen atoms in total. The van der Waals surface area contributed by atoms with Crippen molar-refractivity contribution in [1.29, 1.82) is 0 Å². The fourth-order valence-corrected chi connectivity index (χ4v) is 2.50. The van der Waals surface area contributed by atoms with E-state index in [1.807, 2.05) is 0 Å². The number of rotatable bonds is 3. The normalized spacial score (nSPS) is 19.7. The van der Waals surface area contributed by atoms with Gasteiger partial charge in [0.05, 0.1) is 25.3 Å². The molecular formula is C14H15ClFN3O3. The van der Waals surface area contributed by atoms with Crippen molar-refractivity contribution in [2.45, 2.75) is 18.9 Å². The molecule has 0 radical (unpaired) electrons. The second kappa shape index (κ2) is 6.74. The van der Waals surface area contributed by atoms with Crippen LogP contribution in [0.5, 0.6) is 5.75 Å². The van der Waals surface area contributed by atoms with Crippen LogP contribution in [-0.4, -0.2) is 31.6 Å². The first-order valence-electron chi connectivity index (χ1n) is 6.44. The lowest BCUT2D eigenvalue weighted by Gasteiger charge is -2.22. The molecule has 0 saturated carbocycles. The van der Waals surface area contributed by atoms with Gasteiger partial charge in [0.15, 0.2) is 11.6 Å². The average molecular weight is 328 g/mol. The van der Waals surface area contributed by atoms with Gasteiger partial charge in [-0.3, -0.25) is 4.99 Å². The fraction of sp³-hybridized carbons (Fsp3) is 0.357. The molecule has 0 aromatic heterocycles. The standard InChI is InChI=1S/C14H15ClFN3O3/c1-21-13-9(15)4-3-8(12(13)16)10-5-7(19-17)6-11(18-10)14(20)22-2/h3-4,10H,5-6,17H2,1-2H3/b19-7-. The molecule has 1 unspecified atom stereocenters. The van der Waals surface area contributed by atoms with Gasteiger partial charge in [-0.1, -0.05) is 17.7 Å². The molecule has 8 heteroatoms. The number of nitrogens with two attached hydrogens (primary N) is 1. The Morgan fingerprint density at radius 3 is 2.82 bits per heavy atom. The third-order valence-corrected chi connectivity index (χ3v) is 3.66. The maximum absolute atomic E-state index is 14.5. The monoisotopic (exact) mass is 327 g/mol. The highest BCUT2D eigenvalue weighted by Gasteiger charge is 2.29. The van der Waals surface area contributed by atoms with Gasteiger partial charge in [0, 0.05) is 24.1 Å². The molecule has 1 aromatic carbocycles. The van der Waals surface area contributed by atoms with E-state index in [-0.39, 0.29) is 28.5 Å². The van der Waals surface area contributed by atoms with Crippen LogP contribution in [0.15, 0.2) is 22.2 Å². The van der Waals surface area contributed by atoms with E-state index >= 15 is 0 Å². The Labute approximate surface area is 131 Å². The molecule has 0 bridgehead atoms. The van der Waals surface area contributed by atoms with E-state index in [2.05, 4.69) is 14.8 Å². The number of hydrogen-bond donors (Lipinski definition) is 1. The highest BCUT2D eigenvalue weighted by atomic mass is 35.5. The number of hydrazone groups is 1. The summed E-state index contributed by atoms with van der Waals surface area (Å²) in [6.45, 7) is 0. The lowest BCUT2D eigenvalue weighted by molar-refractivity contribution is -0.132. The molecule has 0 spiro atoms. The first-order valence-corrected chi connectivity index (χ1v) is 6.82. The van der Waals surface area contributed by atoms with Crippen molar-refractivity contribution in [1.82, 2.24) is 0 Å². The van der Waals surface area contributed by atoms with Crippen molar-refractivity contribution >= 4 is 29.0 Å². The van der Waals surface area contributed by atoms with Gasteiger partial charge in [-0.2, -0.15) is 5.10 Å². The van der Waals surface area contributed by atoms with Crippen LogP contribution < -0.4 is 10.6 Å². The van der Waals surface area contributed by atoms with Gasteiger partial charge in [0.1, 0.15) is 5.71 Å². The maximum Gasteiger partial charge on any atom is 0.352 e. The minimum Gasteiger partial charge on any atom is -0.492 e. The van der Waals surface area contributed by atoms with Crippen molar-refractivity contribution in [3.63, 3.8) is 0 Å². The topological polar surface area (TPSA) is 86.3 Å². The van der Waals surface area contributed by atoms with Crippen molar-refractivity contribution in [2.75, 3.05) is 14.2 Å². The predicted octanol–water partition coefficient (Wildman–Crippen LogP) is 2.25. The van der Waals surface area contributed by atoms with Crippen LogP contribution in [0.3, 0.4) is 0 Å². The first-order chi connectivity index (χ1) is 10.5. The Kier molecular flexibility index (Phi) is 4.97. The smallest absolute Gasteiger partial charge is 0.352 e. The molecule has 22 heavy (non-hydrogen) atoms. The Morgan fingerprint density at radius 2 is 2.23 bits per heavy atom. The number of aliphatic imine (C=N–C) groups is 1. The highest BCUT2D eigenvalue weighted by Crippen LogP contribution is 2.36. The zero-order chi connectivity index (χ0) is 16.3. The van der Waals surface area contributed by atoms with Gasteiger partial charge in [-0.25, -0.2) is 9.18 Å². The lowest BCUT2D eigenvalue weighted by atomic mass is 9.94. The van der Waals surface area contributed by atoms with Gasteiger partial charge in [-0.15, -0.1) is 0 Å². The Bertz CT molecular complexity index is 661. The number of benzene rings is 1. The number of esters is 1. The van der Waals surface area contributed by atoms with Crippen LogP contribution in [0, 0.1) is 5.82 Å². The van der Waals surface area contributed by atoms with Gasteiger partial charge in [0.25, 0.3) is 0 Å². The van der Waals surface area contributed by atoms with Crippen molar-refractivity contribution in [3.8, 4) is 5.75 Å². The van der Waals surface area contributed by atoms with E-state index in [1.165, 1.54) is 26.4 Å². The summed E-state index contributed by atoms with van der Waals surface area (Å²) in [5, 5.41) is 3.79. The highest BCUT2D eigenvalue weighted by molar-refractivity contribution is 6.40. The number of ether oxygens (including phenoxy) is 2. The van der Waals surface area contributed by atoms with E-state index < -0.39 is 17.8 Å². The third-order valence-electron chi connectivity index (χ3n) is 3.36. The SMILES string of the molecule is COC(=O)C1=NC(c2ccc(Cl)c(OC)c2F)C/C(=N/N)C1. The fourth-order valence-electron chi connectivity index (χ4n) is 2.28. The van der Waals surface area contributed by atoms with Crippen LogP contribution in [0.1, 0.15) is 24.4 Å². The zero-order valence-corrected chi connectivity index (χ0v) is 12.9. The number of hydrogen-bond acceptors (Lipinski definition) is 6. The second-order valence-electron chi connectivity index (χ2n) is 4.64. The predicted molar refractivity (Wildman–Crippen MR) is 81.0 cm³/mol. The Morgan fingerprint density at radius 1 is 1.50 bits per heavy atom. The third kappa shape index (κ3) is 3.04. The molecule has 1 aliphatic heterocycles. The molecule has 0 fully saturated rings. The van der Waals surface area contributed by atoms with E-state index in [0.717, 1.165) is 0 Å². The van der Waals surface area contributed by atoms with Gasteiger partial charge in [-0.05, 0) is 6.07 Å². The van der Waals surface area contributed by atoms with Crippen molar-refractivity contribution in [3.05, 3.63) is 28.5 Å². The molecule has 1 aromatic rings. The number of carbonyl (C=O) groups is 1. The Balaban J connectivity index is 2.49. The number of methoxy groups -OCH3 is 2. The summed E-state index contributed by atoms with van der Waals surface area (Å²) in [7, 11) is 2.57. The molecule has 1 heterocycles. The van der Waals surface area contributed by atoms with Crippen LogP contribution in [0.4, 0.5) is 4.39 Å². The molecule has 1 atom stereocenters. The molecule has 0 saturated heterocycles. The first kappa shape index (κ1) is 16.2. The minimum atomic E-state index is -0.642. The van der Waals surface area contributed by atoms with Crippen molar-refractivity contribution in [2.24, 2.45) is 15.9 Å². The second-order valence-corrected chi connectivity index (χ2v) is 5.05. The summed E-state index contributed by atoms with van der Waals surface area (Å²) in [4.78, 5) is 15.9. The summed E-state index contributed by atoms with van der Waals surface area (Å²) in [5.74, 6) is 4.03. The van der Waals surface area contributed by atoms with Crippen LogP contribution in [0.25, 0.3) is 0 Å². The molecule has 0 amide bonds. The van der Waals surface area contributed by atoms with Crippen LogP contribution in [0.2, 0.25) is 5.02 Å². The molecule has 118 valence electrons. The summed E-state index contributed by atoms with van der Waals surface area (Å²) in [6.07, 6.45) is 0.491. The minimum absolute atomic E-state index is 0.0641. The Hall–Kier alpha value is -2.15. The molecular weight excluding hydrogens is 313 g/mol.